The lowest BCUT2D eigenvalue weighted by Crippen LogP contribution is -2.36. The number of benzene rings is 2. The highest BCUT2D eigenvalue weighted by Gasteiger charge is 2.38. The van der Waals surface area contributed by atoms with E-state index in [1.165, 1.54) is 7.05 Å². The largest absolute Gasteiger partial charge is 0.347 e. The van der Waals surface area contributed by atoms with Crippen molar-refractivity contribution in [3.05, 3.63) is 70.9 Å². The SMILES string of the molecule is CN1C(=O)NS(=O)(=O)N1Cc1ccc(-n2nc(C(C)(C)C)cc2NC(=O)Nc2ccc(Cl)cc2)cc1. The zero-order chi connectivity index (χ0) is 26.3. The number of nitrogens with zero attached hydrogens (tertiary/aromatic N) is 4. The van der Waals surface area contributed by atoms with Gasteiger partial charge in [-0.25, -0.2) is 24.0 Å². The summed E-state index contributed by atoms with van der Waals surface area (Å²) in [6, 6.07) is 14.4. The maximum absolute atomic E-state index is 12.7. The summed E-state index contributed by atoms with van der Waals surface area (Å²) < 4.78 is 28.8. The molecule has 36 heavy (non-hydrogen) atoms. The van der Waals surface area contributed by atoms with Gasteiger partial charge in [-0.1, -0.05) is 48.9 Å². The molecule has 0 saturated carbocycles. The minimum atomic E-state index is -3.93. The lowest BCUT2D eigenvalue weighted by atomic mass is 9.92. The first-order valence-electron chi connectivity index (χ1n) is 10.9. The summed E-state index contributed by atoms with van der Waals surface area (Å²) in [6.07, 6.45) is 0. The highest BCUT2D eigenvalue weighted by Crippen LogP contribution is 2.27. The van der Waals surface area contributed by atoms with Gasteiger partial charge in [0.15, 0.2) is 0 Å². The van der Waals surface area contributed by atoms with Crippen LogP contribution >= 0.6 is 11.6 Å². The maximum atomic E-state index is 12.7. The van der Waals surface area contributed by atoms with Crippen LogP contribution in [0, 0.1) is 0 Å². The van der Waals surface area contributed by atoms with Gasteiger partial charge in [0, 0.05) is 29.2 Å². The molecule has 0 radical (unpaired) electrons. The van der Waals surface area contributed by atoms with Crippen molar-refractivity contribution in [3.63, 3.8) is 0 Å². The summed E-state index contributed by atoms with van der Waals surface area (Å²) >= 11 is 5.91. The van der Waals surface area contributed by atoms with Crippen molar-refractivity contribution in [3.8, 4) is 5.69 Å². The number of urea groups is 2. The Morgan fingerprint density at radius 3 is 2.25 bits per heavy atom. The molecule has 2 heterocycles. The molecule has 3 aromatic rings. The number of hydrogen-bond donors (Lipinski definition) is 3. The van der Waals surface area contributed by atoms with Crippen LogP contribution in [0.3, 0.4) is 0 Å². The second-order valence-corrected chi connectivity index (χ2v) is 11.3. The topological polar surface area (TPSA) is 129 Å². The van der Waals surface area contributed by atoms with Crippen LogP contribution in [0.2, 0.25) is 5.02 Å². The molecule has 4 amide bonds. The van der Waals surface area contributed by atoms with Crippen molar-refractivity contribution < 1.29 is 18.0 Å². The Kier molecular flexibility index (Phi) is 6.69. The molecule has 1 aliphatic heterocycles. The Labute approximate surface area is 214 Å². The first kappa shape index (κ1) is 25.5. The quantitative estimate of drug-likeness (QED) is 0.457. The van der Waals surface area contributed by atoms with E-state index in [0.29, 0.717) is 27.8 Å². The van der Waals surface area contributed by atoms with Gasteiger partial charge in [-0.2, -0.15) is 13.5 Å². The molecule has 1 fully saturated rings. The van der Waals surface area contributed by atoms with Crippen molar-refractivity contribution >= 4 is 45.4 Å². The van der Waals surface area contributed by atoms with Crippen LogP contribution in [0.4, 0.5) is 21.1 Å². The molecule has 3 N–H and O–H groups in total. The van der Waals surface area contributed by atoms with Gasteiger partial charge in [-0.15, -0.1) is 0 Å². The molecule has 1 aromatic heterocycles. The number of aromatic nitrogens is 2. The third-order valence-corrected chi connectivity index (χ3v) is 7.06. The Bertz CT molecular complexity index is 1400. The van der Waals surface area contributed by atoms with Crippen molar-refractivity contribution in [1.82, 2.24) is 23.9 Å². The Morgan fingerprint density at radius 1 is 1.06 bits per heavy atom. The fraction of sp³-hybridized carbons (Fsp3) is 0.261. The van der Waals surface area contributed by atoms with Gasteiger partial charge in [0.25, 0.3) is 0 Å². The van der Waals surface area contributed by atoms with Gasteiger partial charge in [0.2, 0.25) is 0 Å². The lowest BCUT2D eigenvalue weighted by molar-refractivity contribution is 0.132. The number of carbonyl (C=O) groups is 2. The number of rotatable bonds is 5. The number of hydrogen-bond acceptors (Lipinski definition) is 5. The van der Waals surface area contributed by atoms with E-state index in [2.05, 4.69) is 15.7 Å². The van der Waals surface area contributed by atoms with E-state index >= 15 is 0 Å². The highest BCUT2D eigenvalue weighted by molar-refractivity contribution is 7.88. The summed E-state index contributed by atoms with van der Waals surface area (Å²) in [5.74, 6) is 0.454. The predicted octanol–water partition coefficient (Wildman–Crippen LogP) is 4.08. The molecule has 0 aliphatic carbocycles. The zero-order valence-corrected chi connectivity index (χ0v) is 21.7. The summed E-state index contributed by atoms with van der Waals surface area (Å²) in [5, 5.41) is 11.9. The normalized spacial score (nSPS) is 15.6. The fourth-order valence-electron chi connectivity index (χ4n) is 3.43. The lowest BCUT2D eigenvalue weighted by Gasteiger charge is -2.20. The van der Waals surface area contributed by atoms with Crippen LogP contribution in [0.15, 0.2) is 54.6 Å². The third kappa shape index (κ3) is 5.45. The van der Waals surface area contributed by atoms with Crippen molar-refractivity contribution in [2.24, 2.45) is 0 Å². The van der Waals surface area contributed by atoms with E-state index in [9.17, 15) is 18.0 Å². The molecule has 0 bridgehead atoms. The first-order chi connectivity index (χ1) is 16.8. The number of hydrazine groups is 1. The number of halogens is 1. The Morgan fingerprint density at radius 2 is 1.69 bits per heavy atom. The van der Waals surface area contributed by atoms with E-state index in [1.54, 1.807) is 59.3 Å². The van der Waals surface area contributed by atoms with Gasteiger partial charge >= 0.3 is 22.3 Å². The van der Waals surface area contributed by atoms with Crippen LogP contribution in [0.1, 0.15) is 32.0 Å². The van der Waals surface area contributed by atoms with Crippen LogP contribution in [0.25, 0.3) is 5.69 Å². The van der Waals surface area contributed by atoms with Crippen LogP contribution in [-0.2, 0) is 22.2 Å². The Balaban J connectivity index is 1.57. The molecule has 0 unspecified atom stereocenters. The van der Waals surface area contributed by atoms with Crippen LogP contribution < -0.4 is 15.4 Å². The molecular weight excluding hydrogens is 506 g/mol. The third-order valence-electron chi connectivity index (χ3n) is 5.44. The molecular formula is C23H26ClN7O4S. The molecule has 1 saturated heterocycles. The molecule has 2 aromatic carbocycles. The van der Waals surface area contributed by atoms with Crippen LogP contribution in [-0.4, -0.2) is 46.7 Å². The zero-order valence-electron chi connectivity index (χ0n) is 20.1. The van der Waals surface area contributed by atoms with E-state index < -0.39 is 22.3 Å². The number of carbonyl (C=O) groups excluding carboxylic acids is 2. The second-order valence-electron chi connectivity index (χ2n) is 9.25. The minimum absolute atomic E-state index is 0.0290. The molecule has 0 atom stereocenters. The van der Waals surface area contributed by atoms with Crippen molar-refractivity contribution in [2.45, 2.75) is 32.7 Å². The van der Waals surface area contributed by atoms with Gasteiger partial charge < -0.3 is 5.32 Å². The maximum Gasteiger partial charge on any atom is 0.347 e. The average Bonchev–Trinajstić information content (AvgIpc) is 3.30. The summed E-state index contributed by atoms with van der Waals surface area (Å²) in [6.45, 7) is 6.02. The van der Waals surface area contributed by atoms with Gasteiger partial charge in [-0.3, -0.25) is 5.32 Å². The van der Waals surface area contributed by atoms with Gasteiger partial charge in [0.1, 0.15) is 5.82 Å². The summed E-state index contributed by atoms with van der Waals surface area (Å²) in [5.41, 5.74) is 2.38. The molecule has 4 rings (SSSR count). The summed E-state index contributed by atoms with van der Waals surface area (Å²) in [4.78, 5) is 24.4. The molecule has 11 nitrogen and oxygen atoms in total. The van der Waals surface area contributed by atoms with E-state index in [0.717, 1.165) is 15.1 Å². The first-order valence-corrected chi connectivity index (χ1v) is 12.8. The smallest absolute Gasteiger partial charge is 0.308 e. The van der Waals surface area contributed by atoms with E-state index in [1.807, 2.05) is 25.5 Å². The van der Waals surface area contributed by atoms with Crippen LogP contribution in [0.5, 0.6) is 0 Å². The van der Waals surface area contributed by atoms with Gasteiger partial charge in [-0.05, 0) is 42.0 Å². The van der Waals surface area contributed by atoms with Crippen molar-refractivity contribution in [2.75, 3.05) is 17.7 Å². The predicted molar refractivity (Wildman–Crippen MR) is 137 cm³/mol. The second kappa shape index (κ2) is 9.45. The highest BCUT2D eigenvalue weighted by atomic mass is 35.5. The van der Waals surface area contributed by atoms with Crippen molar-refractivity contribution in [1.29, 1.82) is 0 Å². The molecule has 1 aliphatic rings. The molecule has 190 valence electrons. The standard InChI is InChI=1S/C23H26ClN7O4S/c1-23(2,3)19-13-20(26-21(32)25-17-9-7-16(24)8-10-17)31(27-19)18-11-5-15(6-12-18)14-30-29(4)22(33)28-36(30,34)35/h5-13H,14H2,1-4H3,(H,28,33)(H2,25,26,32). The minimum Gasteiger partial charge on any atom is -0.308 e. The van der Waals surface area contributed by atoms with E-state index in [4.69, 9.17) is 11.6 Å². The number of anilines is 2. The molecule has 13 heteroatoms. The monoisotopic (exact) mass is 531 g/mol. The summed E-state index contributed by atoms with van der Waals surface area (Å²) in [7, 11) is -2.55. The molecule has 0 spiro atoms. The Hall–Kier alpha value is -3.61. The number of amides is 4. The average molecular weight is 532 g/mol. The van der Waals surface area contributed by atoms with Gasteiger partial charge in [0.05, 0.1) is 17.9 Å². The van der Waals surface area contributed by atoms with E-state index in [-0.39, 0.29) is 12.0 Å². The fourth-order valence-corrected chi connectivity index (χ4v) is 4.73. The number of nitrogens with one attached hydrogen (secondary N) is 3.